The van der Waals surface area contributed by atoms with Crippen molar-refractivity contribution >= 4 is 5.91 Å². The maximum absolute atomic E-state index is 13.1. The topological polar surface area (TPSA) is 38.8 Å². The van der Waals surface area contributed by atoms with Crippen LogP contribution in [0.5, 0.6) is 5.75 Å². The maximum Gasteiger partial charge on any atom is 0.416 e. The molecule has 0 spiro atoms. The van der Waals surface area contributed by atoms with Gasteiger partial charge in [0.2, 0.25) is 0 Å². The number of methoxy groups -OCH3 is 1. The molecule has 2 aromatic carbocycles. The zero-order valence-corrected chi connectivity index (χ0v) is 17.3. The number of carbonyl (C=O) groups excluding carboxylic acids is 1. The molecule has 0 aromatic heterocycles. The number of hydrogen-bond acceptors (Lipinski definition) is 3. The molecule has 2 aromatic rings. The number of benzene rings is 2. The van der Waals surface area contributed by atoms with Crippen molar-refractivity contribution in [1.82, 2.24) is 4.90 Å². The summed E-state index contributed by atoms with van der Waals surface area (Å²) in [7, 11) is 1.58. The van der Waals surface area contributed by atoms with Gasteiger partial charge in [-0.1, -0.05) is 24.3 Å². The van der Waals surface area contributed by atoms with Crippen LogP contribution in [0, 0.1) is 0 Å². The van der Waals surface area contributed by atoms with Gasteiger partial charge in [-0.2, -0.15) is 13.2 Å². The first kappa shape index (κ1) is 22.2. The highest BCUT2D eigenvalue weighted by atomic mass is 19.4. The van der Waals surface area contributed by atoms with Gasteiger partial charge in [0.25, 0.3) is 5.91 Å². The first-order valence-corrected chi connectivity index (χ1v) is 9.94. The van der Waals surface area contributed by atoms with Crippen LogP contribution in [0.15, 0.2) is 48.5 Å². The number of carbonyl (C=O) groups is 1. The van der Waals surface area contributed by atoms with Crippen LogP contribution in [0.2, 0.25) is 0 Å². The third kappa shape index (κ3) is 5.33. The molecule has 1 fully saturated rings. The molecule has 3 rings (SSSR count). The summed E-state index contributed by atoms with van der Waals surface area (Å²) in [4.78, 5) is 14.8. The molecule has 0 aliphatic heterocycles. The van der Waals surface area contributed by atoms with Crippen molar-refractivity contribution in [3.63, 3.8) is 0 Å². The quantitative estimate of drug-likeness (QED) is 0.575. The van der Waals surface area contributed by atoms with Crippen molar-refractivity contribution in [1.29, 1.82) is 0 Å². The van der Waals surface area contributed by atoms with Crippen molar-refractivity contribution in [3.05, 3.63) is 65.2 Å². The lowest BCUT2D eigenvalue weighted by molar-refractivity contribution is -0.146. The SMILES string of the molecule is COc1cccc(COC(C)C(=O)N(C2CC2)C(C)c2cccc(C(F)(F)F)c2)c1. The molecule has 0 saturated heterocycles. The van der Waals surface area contributed by atoms with E-state index in [1.165, 1.54) is 6.07 Å². The lowest BCUT2D eigenvalue weighted by atomic mass is 10.0. The Morgan fingerprint density at radius 3 is 2.47 bits per heavy atom. The Hall–Kier alpha value is -2.54. The summed E-state index contributed by atoms with van der Waals surface area (Å²) < 4.78 is 50.3. The normalized spacial score (nSPS) is 16.1. The summed E-state index contributed by atoms with van der Waals surface area (Å²) >= 11 is 0. The molecule has 1 amide bonds. The number of alkyl halides is 3. The summed E-state index contributed by atoms with van der Waals surface area (Å²) in [6.07, 6.45) is -3.45. The van der Waals surface area contributed by atoms with Gasteiger partial charge in [-0.05, 0) is 62.1 Å². The minimum absolute atomic E-state index is 0.0323. The average Bonchev–Trinajstić information content (AvgIpc) is 3.56. The fourth-order valence-electron chi connectivity index (χ4n) is 3.44. The van der Waals surface area contributed by atoms with Crippen molar-refractivity contribution in [2.75, 3.05) is 7.11 Å². The first-order valence-electron chi connectivity index (χ1n) is 9.94. The standard InChI is InChI=1S/C23H26F3NO3/c1-15(18-7-5-8-19(13-18)23(24,25)26)27(20-10-11-20)22(28)16(2)30-14-17-6-4-9-21(12-17)29-3/h4-9,12-13,15-16,20H,10-11,14H2,1-3H3. The van der Waals surface area contributed by atoms with Crippen LogP contribution in [-0.4, -0.2) is 30.1 Å². The van der Waals surface area contributed by atoms with E-state index in [1.54, 1.807) is 31.9 Å². The summed E-state index contributed by atoms with van der Waals surface area (Å²) in [5.74, 6) is 0.484. The molecule has 7 heteroatoms. The van der Waals surface area contributed by atoms with Gasteiger partial charge < -0.3 is 14.4 Å². The minimum Gasteiger partial charge on any atom is -0.497 e. The number of rotatable bonds is 8. The molecular weight excluding hydrogens is 395 g/mol. The molecule has 30 heavy (non-hydrogen) atoms. The first-order chi connectivity index (χ1) is 14.2. The van der Waals surface area contributed by atoms with E-state index in [4.69, 9.17) is 9.47 Å². The second-order valence-electron chi connectivity index (χ2n) is 7.58. The van der Waals surface area contributed by atoms with Crippen LogP contribution in [0.3, 0.4) is 0 Å². The Kier molecular flexibility index (Phi) is 6.71. The van der Waals surface area contributed by atoms with E-state index in [-0.39, 0.29) is 18.6 Å². The molecule has 4 nitrogen and oxygen atoms in total. The molecule has 0 N–H and O–H groups in total. The van der Waals surface area contributed by atoms with E-state index >= 15 is 0 Å². The van der Waals surface area contributed by atoms with Crippen LogP contribution < -0.4 is 4.74 Å². The van der Waals surface area contributed by atoms with Crippen LogP contribution >= 0.6 is 0 Å². The van der Waals surface area contributed by atoms with Gasteiger partial charge in [0.05, 0.1) is 25.3 Å². The van der Waals surface area contributed by atoms with Gasteiger partial charge >= 0.3 is 6.18 Å². The fourth-order valence-corrected chi connectivity index (χ4v) is 3.44. The van der Waals surface area contributed by atoms with Crippen LogP contribution in [0.25, 0.3) is 0 Å². The van der Waals surface area contributed by atoms with E-state index in [0.29, 0.717) is 11.3 Å². The summed E-state index contributed by atoms with van der Waals surface area (Å²) in [5, 5.41) is 0. The summed E-state index contributed by atoms with van der Waals surface area (Å²) in [5.41, 5.74) is 0.625. The molecule has 2 atom stereocenters. The van der Waals surface area contributed by atoms with Gasteiger partial charge in [0, 0.05) is 6.04 Å². The Labute approximate surface area is 174 Å². The largest absolute Gasteiger partial charge is 0.497 e. The minimum atomic E-state index is -4.42. The molecule has 162 valence electrons. The molecule has 0 heterocycles. The van der Waals surface area contributed by atoms with Gasteiger partial charge in [0.15, 0.2) is 0 Å². The van der Waals surface area contributed by atoms with E-state index in [0.717, 1.165) is 30.5 Å². The predicted octanol–water partition coefficient (Wildman–Crippen LogP) is 5.37. The van der Waals surface area contributed by atoms with Gasteiger partial charge in [-0.15, -0.1) is 0 Å². The number of ether oxygens (including phenoxy) is 2. The van der Waals surface area contributed by atoms with Gasteiger partial charge in [-0.25, -0.2) is 0 Å². The Morgan fingerprint density at radius 1 is 1.13 bits per heavy atom. The Balaban J connectivity index is 1.71. The summed E-state index contributed by atoms with van der Waals surface area (Å²) in [6.45, 7) is 3.68. The third-order valence-corrected chi connectivity index (χ3v) is 5.29. The molecular formula is C23H26F3NO3. The zero-order valence-electron chi connectivity index (χ0n) is 17.3. The third-order valence-electron chi connectivity index (χ3n) is 5.29. The molecule has 1 aliphatic carbocycles. The van der Waals surface area contributed by atoms with E-state index < -0.39 is 23.9 Å². The highest BCUT2D eigenvalue weighted by molar-refractivity contribution is 5.81. The molecule has 1 aliphatic rings. The van der Waals surface area contributed by atoms with Crippen molar-refractivity contribution < 1.29 is 27.4 Å². The molecule has 0 bridgehead atoms. The van der Waals surface area contributed by atoms with E-state index in [1.807, 2.05) is 24.3 Å². The monoisotopic (exact) mass is 421 g/mol. The lowest BCUT2D eigenvalue weighted by Gasteiger charge is -2.32. The Bertz CT molecular complexity index is 880. The Morgan fingerprint density at radius 2 is 1.83 bits per heavy atom. The average molecular weight is 421 g/mol. The second-order valence-corrected chi connectivity index (χ2v) is 7.58. The van der Waals surface area contributed by atoms with Crippen LogP contribution in [0.4, 0.5) is 13.2 Å². The van der Waals surface area contributed by atoms with Gasteiger partial charge in [-0.3, -0.25) is 4.79 Å². The highest BCUT2D eigenvalue weighted by Gasteiger charge is 2.39. The molecule has 2 unspecified atom stereocenters. The molecule has 0 radical (unpaired) electrons. The number of amides is 1. The van der Waals surface area contributed by atoms with E-state index in [2.05, 4.69) is 0 Å². The molecule has 1 saturated carbocycles. The number of halogens is 3. The van der Waals surface area contributed by atoms with Crippen LogP contribution in [0.1, 0.15) is 49.4 Å². The van der Waals surface area contributed by atoms with Gasteiger partial charge in [0.1, 0.15) is 11.9 Å². The van der Waals surface area contributed by atoms with Crippen molar-refractivity contribution in [2.45, 2.75) is 57.7 Å². The van der Waals surface area contributed by atoms with Crippen molar-refractivity contribution in [2.24, 2.45) is 0 Å². The lowest BCUT2D eigenvalue weighted by Crippen LogP contribution is -2.42. The van der Waals surface area contributed by atoms with Crippen LogP contribution in [-0.2, 0) is 22.3 Å². The summed E-state index contributed by atoms with van der Waals surface area (Å²) in [6, 6.07) is 12.1. The fraction of sp³-hybridized carbons (Fsp3) is 0.435. The van der Waals surface area contributed by atoms with E-state index in [9.17, 15) is 18.0 Å². The predicted molar refractivity (Wildman–Crippen MR) is 107 cm³/mol. The number of nitrogens with zero attached hydrogens (tertiary/aromatic N) is 1. The second kappa shape index (κ2) is 9.08. The van der Waals surface area contributed by atoms with Crippen molar-refractivity contribution in [3.8, 4) is 5.75 Å². The highest BCUT2D eigenvalue weighted by Crippen LogP contribution is 2.37. The zero-order chi connectivity index (χ0) is 21.9. The maximum atomic E-state index is 13.1. The number of hydrogen-bond donors (Lipinski definition) is 0. The smallest absolute Gasteiger partial charge is 0.416 e.